The number of rotatable bonds is 4. The van der Waals surface area contributed by atoms with Gasteiger partial charge in [0.2, 0.25) is 10.0 Å². The molecule has 0 aliphatic rings. The van der Waals surface area contributed by atoms with E-state index in [2.05, 4.69) is 0 Å². The van der Waals surface area contributed by atoms with Crippen molar-refractivity contribution in [2.75, 3.05) is 0 Å². The first-order valence-corrected chi connectivity index (χ1v) is 7.52. The number of ether oxygens (including phenoxy) is 1. The Hall–Kier alpha value is -1.99. The average Bonchev–Trinajstić information content (AvgIpc) is 2.39. The lowest BCUT2D eigenvalue weighted by Gasteiger charge is -2.09. The lowest BCUT2D eigenvalue weighted by molar-refractivity contribution is 0.304. The molecule has 2 aromatic carbocycles. The number of sulfonamides is 1. The highest BCUT2D eigenvalue weighted by Crippen LogP contribution is 2.21. The van der Waals surface area contributed by atoms with Crippen LogP contribution in [0.15, 0.2) is 41.3 Å². The van der Waals surface area contributed by atoms with Gasteiger partial charge < -0.3 is 4.74 Å². The van der Waals surface area contributed by atoms with Crippen LogP contribution in [0.4, 0.5) is 8.78 Å². The third-order valence-corrected chi connectivity index (χ3v) is 3.91. The van der Waals surface area contributed by atoms with Gasteiger partial charge in [-0.05, 0) is 48.4 Å². The first-order chi connectivity index (χ1) is 9.77. The van der Waals surface area contributed by atoms with E-state index in [0.717, 1.165) is 12.1 Å². The number of hydrogen-bond acceptors (Lipinski definition) is 3. The van der Waals surface area contributed by atoms with Crippen LogP contribution < -0.4 is 9.88 Å². The summed E-state index contributed by atoms with van der Waals surface area (Å²) in [6.45, 7) is 1.62. The van der Waals surface area contributed by atoms with Gasteiger partial charge >= 0.3 is 0 Å². The Morgan fingerprint density at radius 2 is 1.81 bits per heavy atom. The van der Waals surface area contributed by atoms with Gasteiger partial charge in [0.05, 0.1) is 4.90 Å². The Morgan fingerprint density at radius 3 is 2.38 bits per heavy atom. The van der Waals surface area contributed by atoms with Crippen molar-refractivity contribution >= 4 is 10.0 Å². The number of halogens is 2. The summed E-state index contributed by atoms with van der Waals surface area (Å²) >= 11 is 0. The summed E-state index contributed by atoms with van der Waals surface area (Å²) in [6.07, 6.45) is 0. The molecule has 0 atom stereocenters. The molecule has 2 aromatic rings. The van der Waals surface area contributed by atoms with Crippen molar-refractivity contribution in [1.29, 1.82) is 0 Å². The second-order valence-corrected chi connectivity index (χ2v) is 6.04. The molecular weight excluding hydrogens is 300 g/mol. The molecule has 2 N–H and O–H groups in total. The van der Waals surface area contributed by atoms with Gasteiger partial charge in [-0.3, -0.25) is 0 Å². The normalized spacial score (nSPS) is 11.4. The molecule has 0 aromatic heterocycles. The molecule has 2 rings (SSSR count). The molecule has 0 aliphatic carbocycles. The lowest BCUT2D eigenvalue weighted by Crippen LogP contribution is -2.13. The summed E-state index contributed by atoms with van der Waals surface area (Å²) in [5.41, 5.74) is 0.905. The fourth-order valence-corrected chi connectivity index (χ4v) is 2.59. The van der Waals surface area contributed by atoms with Crippen molar-refractivity contribution in [3.05, 3.63) is 59.2 Å². The molecule has 0 fully saturated rings. The van der Waals surface area contributed by atoms with Gasteiger partial charge in [0, 0.05) is 0 Å². The van der Waals surface area contributed by atoms with E-state index in [1.54, 1.807) is 6.92 Å². The molecule has 0 heterocycles. The molecule has 0 saturated carbocycles. The van der Waals surface area contributed by atoms with Crippen LogP contribution in [0.1, 0.15) is 11.1 Å². The van der Waals surface area contributed by atoms with E-state index in [1.807, 2.05) is 0 Å². The topological polar surface area (TPSA) is 69.4 Å². The van der Waals surface area contributed by atoms with Gasteiger partial charge in [-0.15, -0.1) is 0 Å². The van der Waals surface area contributed by atoms with Crippen molar-refractivity contribution in [3.63, 3.8) is 0 Å². The largest absolute Gasteiger partial charge is 0.489 e. The Morgan fingerprint density at radius 1 is 1.10 bits per heavy atom. The highest BCUT2D eigenvalue weighted by molar-refractivity contribution is 7.89. The number of hydrogen-bond donors (Lipinski definition) is 1. The van der Waals surface area contributed by atoms with Crippen molar-refractivity contribution in [2.45, 2.75) is 18.4 Å². The maximum absolute atomic E-state index is 13.0. The van der Waals surface area contributed by atoms with E-state index < -0.39 is 21.7 Å². The summed E-state index contributed by atoms with van der Waals surface area (Å²) in [5, 5.41) is 5.06. The molecule has 112 valence electrons. The molecule has 0 unspecified atom stereocenters. The number of benzene rings is 2. The summed E-state index contributed by atoms with van der Waals surface area (Å²) < 4.78 is 53.8. The third-order valence-electron chi connectivity index (χ3n) is 2.84. The second kappa shape index (κ2) is 5.79. The van der Waals surface area contributed by atoms with Crippen LogP contribution in [-0.2, 0) is 16.6 Å². The van der Waals surface area contributed by atoms with Gasteiger partial charge in [0.15, 0.2) is 11.6 Å². The maximum Gasteiger partial charge on any atom is 0.238 e. The Bertz CT molecular complexity index is 776. The molecular formula is C14H13F2NO3S. The molecule has 0 radical (unpaired) electrons. The zero-order valence-electron chi connectivity index (χ0n) is 11.1. The summed E-state index contributed by atoms with van der Waals surface area (Å²) in [5.74, 6) is -1.46. The molecule has 0 aliphatic heterocycles. The van der Waals surface area contributed by atoms with Gasteiger partial charge in [-0.2, -0.15) is 0 Å². The first kappa shape index (κ1) is 15.4. The zero-order chi connectivity index (χ0) is 15.6. The highest BCUT2D eigenvalue weighted by Gasteiger charge is 2.12. The van der Waals surface area contributed by atoms with E-state index in [0.29, 0.717) is 16.9 Å². The van der Waals surface area contributed by atoms with Crippen LogP contribution in [0.5, 0.6) is 5.75 Å². The average molecular weight is 313 g/mol. The molecule has 0 saturated heterocycles. The first-order valence-electron chi connectivity index (χ1n) is 5.97. The van der Waals surface area contributed by atoms with Gasteiger partial charge in [0.1, 0.15) is 12.4 Å². The van der Waals surface area contributed by atoms with E-state index in [-0.39, 0.29) is 11.5 Å². The standard InChI is InChI=1S/C14H13F2NO3S/c1-9-6-11(3-5-14(9)21(17,18)19)20-8-10-2-4-12(15)13(16)7-10/h2-7H,8H2,1H3,(H2,17,18,19). The van der Waals surface area contributed by atoms with E-state index in [1.165, 1.54) is 24.3 Å². The van der Waals surface area contributed by atoms with Crippen molar-refractivity contribution in [3.8, 4) is 5.75 Å². The predicted molar refractivity (Wildman–Crippen MR) is 73.2 cm³/mol. The second-order valence-electron chi connectivity index (χ2n) is 4.51. The van der Waals surface area contributed by atoms with Gasteiger partial charge in [-0.25, -0.2) is 22.3 Å². The third kappa shape index (κ3) is 3.77. The minimum absolute atomic E-state index is 0.0164. The Balaban J connectivity index is 2.14. The molecule has 21 heavy (non-hydrogen) atoms. The molecule has 4 nitrogen and oxygen atoms in total. The SMILES string of the molecule is Cc1cc(OCc2ccc(F)c(F)c2)ccc1S(N)(=O)=O. The fraction of sp³-hybridized carbons (Fsp3) is 0.143. The smallest absolute Gasteiger partial charge is 0.238 e. The quantitative estimate of drug-likeness (QED) is 0.943. The molecule has 0 spiro atoms. The van der Waals surface area contributed by atoms with Crippen molar-refractivity contribution in [1.82, 2.24) is 0 Å². The number of primary sulfonamides is 1. The van der Waals surface area contributed by atoms with E-state index in [4.69, 9.17) is 9.88 Å². The van der Waals surface area contributed by atoms with Crippen LogP contribution in [-0.4, -0.2) is 8.42 Å². The van der Waals surface area contributed by atoms with Crippen LogP contribution in [0.25, 0.3) is 0 Å². The highest BCUT2D eigenvalue weighted by atomic mass is 32.2. The van der Waals surface area contributed by atoms with Crippen LogP contribution in [0.2, 0.25) is 0 Å². The van der Waals surface area contributed by atoms with Gasteiger partial charge in [-0.1, -0.05) is 6.07 Å². The zero-order valence-corrected chi connectivity index (χ0v) is 12.0. The molecule has 0 amide bonds. The lowest BCUT2D eigenvalue weighted by atomic mass is 10.2. The van der Waals surface area contributed by atoms with Crippen molar-refractivity contribution in [2.24, 2.45) is 5.14 Å². The van der Waals surface area contributed by atoms with Gasteiger partial charge in [0.25, 0.3) is 0 Å². The van der Waals surface area contributed by atoms with Crippen molar-refractivity contribution < 1.29 is 21.9 Å². The Kier molecular flexibility index (Phi) is 4.24. The maximum atomic E-state index is 13.0. The van der Waals surface area contributed by atoms with Crippen LogP contribution >= 0.6 is 0 Å². The summed E-state index contributed by atoms with van der Waals surface area (Å²) in [4.78, 5) is 0.0164. The monoisotopic (exact) mass is 313 g/mol. The van der Waals surface area contributed by atoms with Crippen LogP contribution in [0, 0.1) is 18.6 Å². The van der Waals surface area contributed by atoms with E-state index in [9.17, 15) is 17.2 Å². The number of aryl methyl sites for hydroxylation is 1. The Labute approximate surface area is 121 Å². The van der Waals surface area contributed by atoms with Crippen LogP contribution in [0.3, 0.4) is 0 Å². The fourth-order valence-electron chi connectivity index (χ4n) is 1.83. The summed E-state index contributed by atoms with van der Waals surface area (Å²) in [6, 6.07) is 7.77. The predicted octanol–water partition coefficient (Wildman–Crippen LogP) is 2.50. The number of nitrogens with two attached hydrogens (primary N) is 1. The van der Waals surface area contributed by atoms with E-state index >= 15 is 0 Å². The summed E-state index contributed by atoms with van der Waals surface area (Å²) in [7, 11) is -3.77. The molecule has 7 heteroatoms. The minimum atomic E-state index is -3.77. The minimum Gasteiger partial charge on any atom is -0.489 e. The molecule has 0 bridgehead atoms.